The number of hydrogen-bond donors (Lipinski definition) is 2. The number of nitrogens with zero attached hydrogens (tertiary/aromatic N) is 3. The van der Waals surface area contributed by atoms with E-state index in [0.29, 0.717) is 10.8 Å². The van der Waals surface area contributed by atoms with Crippen molar-refractivity contribution >= 4 is 17.3 Å². The Labute approximate surface area is 128 Å². The molecule has 0 atom stereocenters. The molecule has 6 nitrogen and oxygen atoms in total. The highest BCUT2D eigenvalue weighted by Gasteiger charge is 2.32. The molecule has 0 unspecified atom stereocenters. The zero-order chi connectivity index (χ0) is 14.8. The van der Waals surface area contributed by atoms with Gasteiger partial charge in [0.05, 0.1) is 18.8 Å². The molecule has 0 aromatic carbocycles. The van der Waals surface area contributed by atoms with Crippen LogP contribution in [0.2, 0.25) is 0 Å². The Morgan fingerprint density at radius 3 is 2.48 bits per heavy atom. The summed E-state index contributed by atoms with van der Waals surface area (Å²) in [4.78, 5) is 20.9. The van der Waals surface area contributed by atoms with Gasteiger partial charge in [0.25, 0.3) is 0 Å². The summed E-state index contributed by atoms with van der Waals surface area (Å²) in [6.07, 6.45) is 2.15. The third-order valence-electron chi connectivity index (χ3n) is 4.10. The van der Waals surface area contributed by atoms with E-state index in [1.165, 1.54) is 11.3 Å². The Hall–Kier alpha value is -1.02. The van der Waals surface area contributed by atoms with Crippen LogP contribution >= 0.6 is 11.3 Å². The molecule has 2 heterocycles. The first-order valence-corrected chi connectivity index (χ1v) is 8.27. The molecule has 0 bridgehead atoms. The smallest absolute Gasteiger partial charge is 0.347 e. The maximum atomic E-state index is 11.3. The van der Waals surface area contributed by atoms with Gasteiger partial charge in [0, 0.05) is 38.6 Å². The van der Waals surface area contributed by atoms with E-state index in [0.717, 1.165) is 62.8 Å². The second-order valence-corrected chi connectivity index (χ2v) is 6.83. The van der Waals surface area contributed by atoms with Crippen molar-refractivity contribution in [1.29, 1.82) is 0 Å². The molecule has 0 radical (unpaired) electrons. The number of rotatable bonds is 6. The molecule has 1 saturated carbocycles. The third kappa shape index (κ3) is 3.60. The Kier molecular flexibility index (Phi) is 4.54. The molecular weight excluding hydrogens is 290 g/mol. The van der Waals surface area contributed by atoms with Crippen LogP contribution in [-0.4, -0.2) is 70.3 Å². The maximum Gasteiger partial charge on any atom is 0.347 e. The number of β-amino-alcohol motifs (C(OH)–C–C–N with tert-alkyl or cyclic N) is 1. The Balaban J connectivity index is 1.60. The summed E-state index contributed by atoms with van der Waals surface area (Å²) in [6.45, 7) is 5.48. The van der Waals surface area contributed by atoms with Crippen molar-refractivity contribution in [1.82, 2.24) is 14.8 Å². The van der Waals surface area contributed by atoms with E-state index >= 15 is 0 Å². The molecule has 1 aliphatic carbocycles. The van der Waals surface area contributed by atoms with E-state index in [4.69, 9.17) is 5.11 Å². The van der Waals surface area contributed by atoms with Crippen LogP contribution in [0.4, 0.5) is 0 Å². The molecule has 2 N–H and O–H groups in total. The van der Waals surface area contributed by atoms with Gasteiger partial charge in [0.1, 0.15) is 9.88 Å². The van der Waals surface area contributed by atoms with E-state index in [-0.39, 0.29) is 6.61 Å². The molecule has 0 amide bonds. The van der Waals surface area contributed by atoms with Crippen molar-refractivity contribution in [2.24, 2.45) is 0 Å². The van der Waals surface area contributed by atoms with Gasteiger partial charge in [-0.1, -0.05) is 0 Å². The molecule has 7 heteroatoms. The van der Waals surface area contributed by atoms with E-state index in [1.54, 1.807) is 0 Å². The molecule has 21 heavy (non-hydrogen) atoms. The van der Waals surface area contributed by atoms with Crippen molar-refractivity contribution in [3.8, 4) is 0 Å². The molecular formula is C14H21N3O3S. The Morgan fingerprint density at radius 2 is 1.90 bits per heavy atom. The van der Waals surface area contributed by atoms with E-state index in [2.05, 4.69) is 14.8 Å². The van der Waals surface area contributed by atoms with Gasteiger partial charge in [-0.2, -0.15) is 0 Å². The monoisotopic (exact) mass is 311 g/mol. The minimum absolute atomic E-state index is 0.208. The average molecular weight is 311 g/mol. The lowest BCUT2D eigenvalue weighted by Gasteiger charge is -2.33. The predicted octanol–water partition coefficient (Wildman–Crippen LogP) is 0.829. The van der Waals surface area contributed by atoms with Crippen LogP contribution in [-0.2, 0) is 6.54 Å². The highest BCUT2D eigenvalue weighted by Crippen LogP contribution is 2.42. The lowest BCUT2D eigenvalue weighted by molar-refractivity contribution is 0.0700. The minimum Gasteiger partial charge on any atom is -0.477 e. The van der Waals surface area contributed by atoms with Gasteiger partial charge in [0.2, 0.25) is 0 Å². The van der Waals surface area contributed by atoms with Crippen LogP contribution in [0.3, 0.4) is 0 Å². The number of carboxylic acid groups (broad SMARTS) is 1. The number of carboxylic acids is 1. The summed E-state index contributed by atoms with van der Waals surface area (Å²) < 4.78 is 0. The van der Waals surface area contributed by atoms with Crippen molar-refractivity contribution < 1.29 is 15.0 Å². The highest BCUT2D eigenvalue weighted by atomic mass is 32.1. The maximum absolute atomic E-state index is 11.3. The number of piperazine rings is 1. The van der Waals surface area contributed by atoms with Crippen LogP contribution in [0.1, 0.15) is 39.1 Å². The number of aromatic carboxylic acids is 1. The first-order chi connectivity index (χ1) is 10.2. The summed E-state index contributed by atoms with van der Waals surface area (Å²) in [6, 6.07) is 0. The van der Waals surface area contributed by atoms with Crippen molar-refractivity contribution in [3.63, 3.8) is 0 Å². The third-order valence-corrected chi connectivity index (χ3v) is 5.14. The molecule has 2 fully saturated rings. The lowest BCUT2D eigenvalue weighted by Crippen LogP contribution is -2.46. The van der Waals surface area contributed by atoms with Crippen molar-refractivity contribution in [2.45, 2.75) is 25.3 Å². The van der Waals surface area contributed by atoms with Crippen LogP contribution in [0.5, 0.6) is 0 Å². The van der Waals surface area contributed by atoms with Gasteiger partial charge in [-0.25, -0.2) is 9.78 Å². The number of carbonyl (C=O) groups is 1. The van der Waals surface area contributed by atoms with E-state index in [1.807, 2.05) is 0 Å². The quantitative estimate of drug-likeness (QED) is 0.810. The fraction of sp³-hybridized carbons (Fsp3) is 0.714. The topological polar surface area (TPSA) is 76.9 Å². The van der Waals surface area contributed by atoms with E-state index in [9.17, 15) is 9.90 Å². The first kappa shape index (κ1) is 14.9. The van der Waals surface area contributed by atoms with E-state index < -0.39 is 5.97 Å². The van der Waals surface area contributed by atoms with Gasteiger partial charge in [0.15, 0.2) is 0 Å². The highest BCUT2D eigenvalue weighted by molar-refractivity contribution is 7.13. The molecule has 1 aromatic rings. The summed E-state index contributed by atoms with van der Waals surface area (Å²) in [5.74, 6) is -0.462. The first-order valence-electron chi connectivity index (χ1n) is 7.46. The van der Waals surface area contributed by atoms with Crippen molar-refractivity contribution in [2.75, 3.05) is 39.3 Å². The minimum atomic E-state index is -0.839. The molecule has 0 spiro atoms. The van der Waals surface area contributed by atoms with Gasteiger partial charge >= 0.3 is 5.97 Å². The van der Waals surface area contributed by atoms with Crippen LogP contribution in [0.15, 0.2) is 0 Å². The zero-order valence-electron chi connectivity index (χ0n) is 12.0. The summed E-state index contributed by atoms with van der Waals surface area (Å²) >= 11 is 1.33. The number of hydrogen-bond acceptors (Lipinski definition) is 6. The lowest BCUT2D eigenvalue weighted by atomic mass is 10.2. The van der Waals surface area contributed by atoms with Gasteiger partial charge in [-0.3, -0.25) is 9.80 Å². The van der Waals surface area contributed by atoms with Gasteiger partial charge in [-0.05, 0) is 12.8 Å². The second kappa shape index (κ2) is 6.39. The van der Waals surface area contributed by atoms with Gasteiger partial charge < -0.3 is 10.2 Å². The molecule has 1 saturated heterocycles. The largest absolute Gasteiger partial charge is 0.477 e. The summed E-state index contributed by atoms with van der Waals surface area (Å²) in [5.41, 5.74) is 0.807. The predicted molar refractivity (Wildman–Crippen MR) is 79.9 cm³/mol. The van der Waals surface area contributed by atoms with Crippen LogP contribution in [0, 0.1) is 0 Å². The summed E-state index contributed by atoms with van der Waals surface area (Å²) in [5, 5.41) is 19.1. The SMILES string of the molecule is O=C(O)c1sc(CN2CCN(CCO)CC2)nc1C1CC1. The summed E-state index contributed by atoms with van der Waals surface area (Å²) in [7, 11) is 0. The fourth-order valence-electron chi connectivity index (χ4n) is 2.74. The number of aromatic nitrogens is 1. The number of aliphatic hydroxyl groups is 1. The zero-order valence-corrected chi connectivity index (χ0v) is 12.8. The van der Waals surface area contributed by atoms with Crippen molar-refractivity contribution in [3.05, 3.63) is 15.6 Å². The molecule has 116 valence electrons. The normalized spacial score (nSPS) is 20.8. The molecule has 3 rings (SSSR count). The van der Waals surface area contributed by atoms with Gasteiger partial charge in [-0.15, -0.1) is 11.3 Å². The second-order valence-electron chi connectivity index (χ2n) is 5.74. The fourth-order valence-corrected chi connectivity index (χ4v) is 3.77. The molecule has 1 aromatic heterocycles. The average Bonchev–Trinajstić information content (AvgIpc) is 3.22. The van der Waals surface area contributed by atoms with Crippen LogP contribution in [0.25, 0.3) is 0 Å². The molecule has 1 aliphatic heterocycles. The number of aliphatic hydroxyl groups excluding tert-OH is 1. The Bertz CT molecular complexity index is 508. The molecule has 2 aliphatic rings. The standard InChI is InChI=1S/C14H21N3O3S/c18-8-7-16-3-5-17(6-4-16)9-11-15-12(10-1-2-10)13(21-11)14(19)20/h10,18H,1-9H2,(H,19,20). The Morgan fingerprint density at radius 1 is 1.24 bits per heavy atom. The van der Waals surface area contributed by atoms with Crippen LogP contribution < -0.4 is 0 Å². The number of thiazole rings is 1.